The third kappa shape index (κ3) is 4.56. The summed E-state index contributed by atoms with van der Waals surface area (Å²) in [5.74, 6) is -0.372. The van der Waals surface area contributed by atoms with Gasteiger partial charge in [-0.05, 0) is 54.8 Å². The zero-order valence-corrected chi connectivity index (χ0v) is 19.0. The number of fused-ring (bicyclic) bond motifs is 3. The van der Waals surface area contributed by atoms with Crippen molar-refractivity contribution in [3.63, 3.8) is 0 Å². The molecule has 1 atom stereocenters. The molecule has 0 saturated heterocycles. The van der Waals surface area contributed by atoms with Crippen LogP contribution < -0.4 is 20.3 Å². The lowest BCUT2D eigenvalue weighted by Gasteiger charge is -2.23. The minimum atomic E-state index is -0.693. The molecule has 2 N–H and O–H groups in total. The third-order valence-electron chi connectivity index (χ3n) is 5.79. The molecule has 0 aromatic heterocycles. The number of nitrogens with one attached hydrogen (secondary N) is 2. The zero-order chi connectivity index (χ0) is 24.4. The van der Waals surface area contributed by atoms with E-state index in [1.807, 2.05) is 54.6 Å². The highest BCUT2D eigenvalue weighted by Gasteiger charge is 2.28. The molecule has 7 nitrogen and oxygen atoms in total. The van der Waals surface area contributed by atoms with Crippen LogP contribution in [0, 0.1) is 0 Å². The Morgan fingerprint density at radius 3 is 2.40 bits per heavy atom. The minimum Gasteiger partial charge on any atom is -0.481 e. The summed E-state index contributed by atoms with van der Waals surface area (Å²) >= 11 is 0. The first-order chi connectivity index (χ1) is 17.0. The summed E-state index contributed by atoms with van der Waals surface area (Å²) in [5, 5.41) is 7.54. The highest BCUT2D eigenvalue weighted by atomic mass is 16.5. The average Bonchev–Trinajstić information content (AvgIpc) is 2.99. The maximum absolute atomic E-state index is 13.0. The summed E-state index contributed by atoms with van der Waals surface area (Å²) in [7, 11) is 0. The number of carbonyl (C=O) groups excluding carboxylic acids is 3. The van der Waals surface area contributed by atoms with Crippen molar-refractivity contribution in [3.05, 3.63) is 91.0 Å². The average molecular weight is 466 g/mol. The van der Waals surface area contributed by atoms with Crippen molar-refractivity contribution in [3.8, 4) is 5.75 Å². The first-order valence-electron chi connectivity index (χ1n) is 11.3. The largest absolute Gasteiger partial charge is 0.481 e. The van der Waals surface area contributed by atoms with Crippen LogP contribution in [-0.2, 0) is 14.4 Å². The summed E-state index contributed by atoms with van der Waals surface area (Å²) in [6, 6.07) is 27.5. The van der Waals surface area contributed by atoms with Gasteiger partial charge in [0.1, 0.15) is 12.2 Å². The fraction of sp³-hybridized carbons (Fsp3) is 0.107. The van der Waals surface area contributed by atoms with Gasteiger partial charge < -0.3 is 15.4 Å². The molecule has 0 spiro atoms. The fourth-order valence-corrected chi connectivity index (χ4v) is 4.09. The Hall–Kier alpha value is -4.65. The van der Waals surface area contributed by atoms with Gasteiger partial charge >= 0.3 is 0 Å². The normalized spacial score (nSPS) is 14.0. The molecule has 0 fully saturated rings. The van der Waals surface area contributed by atoms with E-state index < -0.39 is 6.10 Å². The van der Waals surface area contributed by atoms with E-state index in [4.69, 9.17) is 4.74 Å². The molecule has 1 heterocycles. The topological polar surface area (TPSA) is 87.7 Å². The van der Waals surface area contributed by atoms with E-state index in [0.29, 0.717) is 28.5 Å². The predicted octanol–water partition coefficient (Wildman–Crippen LogP) is 5.25. The summed E-state index contributed by atoms with van der Waals surface area (Å²) in [4.78, 5) is 39.6. The van der Waals surface area contributed by atoms with Crippen LogP contribution in [0.3, 0.4) is 0 Å². The number of anilines is 4. The number of carbonyl (C=O) groups is 3. The van der Waals surface area contributed by atoms with Crippen molar-refractivity contribution in [2.24, 2.45) is 0 Å². The quantitative estimate of drug-likeness (QED) is 0.394. The second-order valence-electron chi connectivity index (χ2n) is 8.24. The van der Waals surface area contributed by atoms with E-state index in [2.05, 4.69) is 10.6 Å². The van der Waals surface area contributed by atoms with Crippen LogP contribution in [0.4, 0.5) is 22.7 Å². The van der Waals surface area contributed by atoms with Crippen LogP contribution in [0.25, 0.3) is 10.8 Å². The molecule has 0 radical (unpaired) electrons. The maximum Gasteiger partial charge on any atom is 0.265 e. The van der Waals surface area contributed by atoms with Gasteiger partial charge in [-0.3, -0.25) is 19.3 Å². The molecular formula is C28H23N3O4. The van der Waals surface area contributed by atoms with Crippen molar-refractivity contribution in [1.29, 1.82) is 0 Å². The molecule has 5 rings (SSSR count). The van der Waals surface area contributed by atoms with E-state index in [9.17, 15) is 14.4 Å². The molecule has 1 unspecified atom stereocenters. The van der Waals surface area contributed by atoms with Crippen LogP contribution >= 0.6 is 0 Å². The van der Waals surface area contributed by atoms with Gasteiger partial charge in [0.2, 0.25) is 11.8 Å². The highest BCUT2D eigenvalue weighted by molar-refractivity contribution is 6.21. The second-order valence-corrected chi connectivity index (χ2v) is 8.24. The Bertz CT molecular complexity index is 1420. The van der Waals surface area contributed by atoms with Crippen LogP contribution in [-0.4, -0.2) is 23.8 Å². The van der Waals surface area contributed by atoms with Gasteiger partial charge in [-0.15, -0.1) is 0 Å². The number of amides is 3. The maximum atomic E-state index is 13.0. The van der Waals surface area contributed by atoms with E-state index in [1.54, 1.807) is 43.3 Å². The van der Waals surface area contributed by atoms with E-state index >= 15 is 0 Å². The molecule has 3 amide bonds. The number of ether oxygens (including phenoxy) is 1. The van der Waals surface area contributed by atoms with Crippen molar-refractivity contribution >= 4 is 51.2 Å². The number of hydrogen-bond acceptors (Lipinski definition) is 4. The Kier molecular flexibility index (Phi) is 5.89. The van der Waals surface area contributed by atoms with Gasteiger partial charge in [-0.1, -0.05) is 48.5 Å². The second kappa shape index (κ2) is 9.30. The van der Waals surface area contributed by atoms with Gasteiger partial charge in [-0.25, -0.2) is 0 Å². The molecule has 0 saturated carbocycles. The van der Waals surface area contributed by atoms with Crippen molar-refractivity contribution in [1.82, 2.24) is 0 Å². The lowest BCUT2D eigenvalue weighted by molar-refractivity contribution is -0.124. The molecule has 0 aliphatic carbocycles. The standard InChI is InChI=1S/C28H23N3O4/c1-18(35-22-8-3-2-4-9-22)28(34)29-20-12-14-21(15-13-20)31-24-16-11-19-7-5-6-10-23(19)27(24)30-25(32)17-26(31)33/h2-16,18H,17H2,1H3,(H,29,34)(H,30,32). The fourth-order valence-electron chi connectivity index (χ4n) is 4.09. The summed E-state index contributed by atoms with van der Waals surface area (Å²) in [6.45, 7) is 1.68. The summed E-state index contributed by atoms with van der Waals surface area (Å²) < 4.78 is 5.68. The van der Waals surface area contributed by atoms with Crippen LogP contribution in [0.5, 0.6) is 5.75 Å². The number of hydrogen-bond donors (Lipinski definition) is 2. The van der Waals surface area contributed by atoms with Gasteiger partial charge in [0, 0.05) is 16.8 Å². The van der Waals surface area contributed by atoms with Gasteiger partial charge in [-0.2, -0.15) is 0 Å². The molecule has 4 aromatic rings. The number of benzene rings is 4. The van der Waals surface area contributed by atoms with Crippen molar-refractivity contribution in [2.75, 3.05) is 15.5 Å². The lowest BCUT2D eigenvalue weighted by Crippen LogP contribution is -2.30. The Labute approximate surface area is 202 Å². The van der Waals surface area contributed by atoms with Crippen LogP contribution in [0.2, 0.25) is 0 Å². The summed E-state index contributed by atoms with van der Waals surface area (Å²) in [6.07, 6.45) is -0.961. The molecule has 1 aliphatic rings. The zero-order valence-electron chi connectivity index (χ0n) is 19.0. The van der Waals surface area contributed by atoms with Crippen LogP contribution in [0.15, 0.2) is 91.0 Å². The molecule has 4 aromatic carbocycles. The van der Waals surface area contributed by atoms with Crippen molar-refractivity contribution in [2.45, 2.75) is 19.4 Å². The Balaban J connectivity index is 1.40. The van der Waals surface area contributed by atoms with Gasteiger partial charge in [0.15, 0.2) is 6.10 Å². The molecule has 174 valence electrons. The first-order valence-corrected chi connectivity index (χ1v) is 11.3. The SMILES string of the molecule is CC(Oc1ccccc1)C(=O)Nc1ccc(N2C(=O)CC(=O)Nc3c2ccc2ccccc32)cc1. The van der Waals surface area contributed by atoms with E-state index in [0.717, 1.165) is 10.8 Å². The smallest absolute Gasteiger partial charge is 0.265 e. The molecule has 1 aliphatic heterocycles. The molecular weight excluding hydrogens is 442 g/mol. The van der Waals surface area contributed by atoms with Gasteiger partial charge in [0.05, 0.1) is 11.4 Å². The predicted molar refractivity (Wildman–Crippen MR) is 136 cm³/mol. The number of rotatable bonds is 5. The Morgan fingerprint density at radius 2 is 1.63 bits per heavy atom. The molecule has 35 heavy (non-hydrogen) atoms. The lowest BCUT2D eigenvalue weighted by atomic mass is 10.1. The number of nitrogens with zero attached hydrogens (tertiary/aromatic N) is 1. The van der Waals surface area contributed by atoms with E-state index in [1.165, 1.54) is 4.90 Å². The van der Waals surface area contributed by atoms with Crippen LogP contribution in [0.1, 0.15) is 13.3 Å². The monoisotopic (exact) mass is 465 g/mol. The molecule has 0 bridgehead atoms. The summed E-state index contributed by atoms with van der Waals surface area (Å²) in [5.41, 5.74) is 2.36. The van der Waals surface area contributed by atoms with Crippen molar-refractivity contribution < 1.29 is 19.1 Å². The minimum absolute atomic E-state index is 0.268. The van der Waals surface area contributed by atoms with E-state index in [-0.39, 0.29) is 24.1 Å². The number of para-hydroxylation sites is 1. The Morgan fingerprint density at radius 1 is 0.914 bits per heavy atom. The third-order valence-corrected chi connectivity index (χ3v) is 5.79. The first kappa shape index (κ1) is 22.2. The van der Waals surface area contributed by atoms with Gasteiger partial charge in [0.25, 0.3) is 5.91 Å². The highest BCUT2D eigenvalue weighted by Crippen LogP contribution is 2.40. The molecule has 7 heteroatoms.